The van der Waals surface area contributed by atoms with Gasteiger partial charge in [0.1, 0.15) is 13.2 Å². The molecular weight excluding hydrogens is 256 g/mol. The van der Waals surface area contributed by atoms with Crippen molar-refractivity contribution in [3.05, 3.63) is 23.3 Å². The van der Waals surface area contributed by atoms with Crippen molar-refractivity contribution in [3.63, 3.8) is 0 Å². The number of allylic oxidation sites excluding steroid dienone is 2. The van der Waals surface area contributed by atoms with E-state index in [1.165, 1.54) is 20.3 Å². The molecule has 0 heterocycles. The summed E-state index contributed by atoms with van der Waals surface area (Å²) in [5, 5.41) is 0. The van der Waals surface area contributed by atoms with Gasteiger partial charge in [0.2, 0.25) is 0 Å². The summed E-state index contributed by atoms with van der Waals surface area (Å²) >= 11 is 0. The molecule has 0 radical (unpaired) electrons. The lowest BCUT2D eigenvalue weighted by Gasteiger charge is -2.06. The third-order valence-corrected chi connectivity index (χ3v) is 2.72. The molecule has 0 saturated carbocycles. The molecule has 20 heavy (non-hydrogen) atoms. The van der Waals surface area contributed by atoms with E-state index in [4.69, 9.17) is 9.47 Å². The van der Waals surface area contributed by atoms with Gasteiger partial charge in [-0.15, -0.1) is 0 Å². The minimum Gasteiger partial charge on any atom is -0.462 e. The largest absolute Gasteiger partial charge is 0.462 e. The molecule has 1 rings (SSSR count). The van der Waals surface area contributed by atoms with E-state index in [1.807, 2.05) is 0 Å². The van der Waals surface area contributed by atoms with Gasteiger partial charge in [-0.2, -0.15) is 0 Å². The van der Waals surface area contributed by atoms with Crippen molar-refractivity contribution < 1.29 is 19.1 Å². The van der Waals surface area contributed by atoms with Crippen LogP contribution in [0, 0.1) is 11.8 Å². The van der Waals surface area contributed by atoms with E-state index in [9.17, 15) is 9.59 Å². The summed E-state index contributed by atoms with van der Waals surface area (Å²) in [5.41, 5.74) is 1.77. The first-order chi connectivity index (χ1) is 9.58. The van der Waals surface area contributed by atoms with Crippen LogP contribution in [0.1, 0.15) is 39.5 Å². The van der Waals surface area contributed by atoms with Gasteiger partial charge in [0.05, 0.1) is 0 Å². The maximum atomic E-state index is 10.8. The smallest absolute Gasteiger partial charge is 0.302 e. The fourth-order valence-electron chi connectivity index (χ4n) is 1.70. The molecule has 0 aromatic carbocycles. The maximum absolute atomic E-state index is 10.8. The second-order valence-corrected chi connectivity index (χ2v) is 4.54. The molecule has 0 fully saturated rings. The molecule has 4 heteroatoms. The van der Waals surface area contributed by atoms with Crippen molar-refractivity contribution in [3.8, 4) is 11.8 Å². The number of carbonyl (C=O) groups excluding carboxylic acids is 2. The van der Waals surface area contributed by atoms with E-state index in [0.717, 1.165) is 24.8 Å². The van der Waals surface area contributed by atoms with Gasteiger partial charge in [-0.05, 0) is 37.3 Å². The fourth-order valence-corrected chi connectivity index (χ4v) is 1.70. The Hall–Kier alpha value is -2.02. The molecule has 0 bridgehead atoms. The average Bonchev–Trinajstić information content (AvgIpc) is 2.42. The second kappa shape index (κ2) is 8.98. The molecule has 0 amide bonds. The lowest BCUT2D eigenvalue weighted by atomic mass is 10.00. The summed E-state index contributed by atoms with van der Waals surface area (Å²) in [6.45, 7) is 2.94. The summed E-state index contributed by atoms with van der Waals surface area (Å²) in [6, 6.07) is 0. The molecule has 1 aliphatic rings. The molecule has 4 nitrogen and oxygen atoms in total. The van der Waals surface area contributed by atoms with Gasteiger partial charge in [-0.25, -0.2) is 0 Å². The number of carbonyl (C=O) groups is 2. The van der Waals surface area contributed by atoms with Gasteiger partial charge >= 0.3 is 11.9 Å². The second-order valence-electron chi connectivity index (χ2n) is 4.54. The van der Waals surface area contributed by atoms with Crippen LogP contribution in [0.15, 0.2) is 23.3 Å². The molecule has 0 unspecified atom stereocenters. The molecule has 0 N–H and O–H groups in total. The highest BCUT2D eigenvalue weighted by Crippen LogP contribution is 2.16. The summed E-state index contributed by atoms with van der Waals surface area (Å²) in [6.07, 6.45) is 8.26. The van der Waals surface area contributed by atoms with Crippen molar-refractivity contribution in [1.29, 1.82) is 0 Å². The van der Waals surface area contributed by atoms with Crippen LogP contribution in [0.25, 0.3) is 0 Å². The van der Waals surface area contributed by atoms with Crippen LogP contribution in [-0.2, 0) is 19.1 Å². The number of esters is 2. The highest BCUT2D eigenvalue weighted by molar-refractivity contribution is 5.66. The molecule has 0 aliphatic heterocycles. The lowest BCUT2D eigenvalue weighted by molar-refractivity contribution is -0.141. The molecule has 0 spiro atoms. The summed E-state index contributed by atoms with van der Waals surface area (Å²) in [4.78, 5) is 21.6. The van der Waals surface area contributed by atoms with Crippen LogP contribution < -0.4 is 0 Å². The van der Waals surface area contributed by atoms with E-state index < -0.39 is 0 Å². The standard InChI is InChI=1S/C16H20O4/c1-13(17)19-11-10-16(12-20-14(2)18)9-8-15-6-4-3-5-7-15/h6,10H,3-5,7,11-12H2,1-2H3/b16-10-. The van der Waals surface area contributed by atoms with E-state index in [-0.39, 0.29) is 25.2 Å². The summed E-state index contributed by atoms with van der Waals surface area (Å²) in [7, 11) is 0. The van der Waals surface area contributed by atoms with Crippen LogP contribution in [0.2, 0.25) is 0 Å². The first-order valence-electron chi connectivity index (χ1n) is 6.74. The molecule has 108 valence electrons. The molecule has 1 aliphatic carbocycles. The Balaban J connectivity index is 2.65. The van der Waals surface area contributed by atoms with Crippen LogP contribution in [-0.4, -0.2) is 25.2 Å². The Labute approximate surface area is 119 Å². The fraction of sp³-hybridized carbons (Fsp3) is 0.500. The third-order valence-electron chi connectivity index (χ3n) is 2.72. The molecular formula is C16H20O4. The Morgan fingerprint density at radius 1 is 1.25 bits per heavy atom. The van der Waals surface area contributed by atoms with Gasteiger partial charge in [0.15, 0.2) is 0 Å². The van der Waals surface area contributed by atoms with Crippen molar-refractivity contribution in [1.82, 2.24) is 0 Å². The molecule has 0 aromatic heterocycles. The van der Waals surface area contributed by atoms with Crippen molar-refractivity contribution in [2.24, 2.45) is 0 Å². The van der Waals surface area contributed by atoms with Gasteiger partial charge in [-0.1, -0.05) is 17.9 Å². The highest BCUT2D eigenvalue weighted by atomic mass is 16.5. The van der Waals surface area contributed by atoms with E-state index in [0.29, 0.717) is 5.57 Å². The van der Waals surface area contributed by atoms with Gasteiger partial charge in [-0.3, -0.25) is 9.59 Å². The van der Waals surface area contributed by atoms with E-state index in [1.54, 1.807) is 6.08 Å². The molecule has 0 atom stereocenters. The quantitative estimate of drug-likeness (QED) is 0.585. The number of ether oxygens (including phenoxy) is 2. The Morgan fingerprint density at radius 2 is 2.00 bits per heavy atom. The average molecular weight is 276 g/mol. The Bertz CT molecular complexity index is 474. The third kappa shape index (κ3) is 7.42. The zero-order valence-electron chi connectivity index (χ0n) is 12.0. The Kier molecular flexibility index (Phi) is 7.20. The number of rotatable bonds is 4. The minimum atomic E-state index is -0.359. The Morgan fingerprint density at radius 3 is 2.60 bits per heavy atom. The highest BCUT2D eigenvalue weighted by Gasteiger charge is 2.01. The van der Waals surface area contributed by atoms with Gasteiger partial charge in [0.25, 0.3) is 0 Å². The van der Waals surface area contributed by atoms with Crippen molar-refractivity contribution in [2.45, 2.75) is 39.5 Å². The normalized spacial score (nSPS) is 14.7. The summed E-state index contributed by atoms with van der Waals surface area (Å²) in [5.74, 6) is 5.38. The minimum absolute atomic E-state index is 0.108. The first kappa shape index (κ1) is 16.0. The van der Waals surface area contributed by atoms with Crippen molar-refractivity contribution in [2.75, 3.05) is 13.2 Å². The first-order valence-corrected chi connectivity index (χ1v) is 6.74. The zero-order chi connectivity index (χ0) is 14.8. The zero-order valence-corrected chi connectivity index (χ0v) is 12.0. The SMILES string of the molecule is CC(=O)OC/C=C(/C#CC1=CCCCC1)COC(C)=O. The molecule has 0 saturated heterocycles. The van der Waals surface area contributed by atoms with Crippen molar-refractivity contribution >= 4 is 11.9 Å². The van der Waals surface area contributed by atoms with Crippen LogP contribution >= 0.6 is 0 Å². The maximum Gasteiger partial charge on any atom is 0.302 e. The van der Waals surface area contributed by atoms with Crippen LogP contribution in [0.4, 0.5) is 0 Å². The predicted octanol–water partition coefficient (Wildman–Crippen LogP) is 2.54. The number of hydrogen-bond donors (Lipinski definition) is 0. The topological polar surface area (TPSA) is 52.6 Å². The van der Waals surface area contributed by atoms with Crippen LogP contribution in [0.5, 0.6) is 0 Å². The van der Waals surface area contributed by atoms with Gasteiger partial charge < -0.3 is 9.47 Å². The van der Waals surface area contributed by atoms with Crippen LogP contribution in [0.3, 0.4) is 0 Å². The van der Waals surface area contributed by atoms with E-state index in [2.05, 4.69) is 17.9 Å². The lowest BCUT2D eigenvalue weighted by Crippen LogP contribution is -2.05. The molecule has 0 aromatic rings. The van der Waals surface area contributed by atoms with Gasteiger partial charge in [0, 0.05) is 19.4 Å². The summed E-state index contributed by atoms with van der Waals surface area (Å²) < 4.78 is 9.76. The monoisotopic (exact) mass is 276 g/mol. The van der Waals surface area contributed by atoms with E-state index >= 15 is 0 Å². The predicted molar refractivity (Wildman–Crippen MR) is 75.7 cm³/mol. The number of hydrogen-bond acceptors (Lipinski definition) is 4.